The summed E-state index contributed by atoms with van der Waals surface area (Å²) in [5, 5.41) is 11.2. The average Bonchev–Trinajstić information content (AvgIpc) is 2.56. The number of rotatable bonds is 4. The van der Waals surface area contributed by atoms with Gasteiger partial charge in [0, 0.05) is 24.7 Å². The fourth-order valence-electron chi connectivity index (χ4n) is 2.78. The van der Waals surface area contributed by atoms with Gasteiger partial charge in [0.25, 0.3) is 0 Å². The highest BCUT2D eigenvalue weighted by molar-refractivity contribution is 6.30. The lowest BCUT2D eigenvalue weighted by Gasteiger charge is -2.35. The average molecular weight is 318 g/mol. The lowest BCUT2D eigenvalue weighted by Crippen LogP contribution is -2.44. The van der Waals surface area contributed by atoms with E-state index in [-0.39, 0.29) is 6.10 Å². The van der Waals surface area contributed by atoms with Crippen LogP contribution in [0.2, 0.25) is 5.02 Å². The van der Waals surface area contributed by atoms with Crippen LogP contribution in [-0.2, 0) is 11.3 Å². The van der Waals surface area contributed by atoms with Gasteiger partial charge in [0.05, 0.1) is 6.61 Å². The van der Waals surface area contributed by atoms with Crippen molar-refractivity contribution in [2.24, 2.45) is 0 Å². The van der Waals surface area contributed by atoms with Crippen LogP contribution < -0.4 is 0 Å². The van der Waals surface area contributed by atoms with Gasteiger partial charge >= 0.3 is 0 Å². The quantitative estimate of drug-likeness (QED) is 0.939. The second-order valence-corrected chi connectivity index (χ2v) is 6.06. The molecule has 2 aromatic rings. The van der Waals surface area contributed by atoms with Gasteiger partial charge in [0.15, 0.2) is 0 Å². The Morgan fingerprint density at radius 1 is 1.14 bits per heavy atom. The van der Waals surface area contributed by atoms with Crippen molar-refractivity contribution >= 4 is 11.6 Å². The van der Waals surface area contributed by atoms with Crippen molar-refractivity contribution < 1.29 is 9.84 Å². The molecule has 2 unspecified atom stereocenters. The molecule has 4 heteroatoms. The highest BCUT2D eigenvalue weighted by Gasteiger charge is 2.27. The van der Waals surface area contributed by atoms with Crippen molar-refractivity contribution in [3.63, 3.8) is 0 Å². The molecular formula is C18H20ClNO2. The van der Waals surface area contributed by atoms with E-state index >= 15 is 0 Å². The Kier molecular flexibility index (Phi) is 5.11. The lowest BCUT2D eigenvalue weighted by molar-refractivity contribution is -0.0918. The molecule has 116 valence electrons. The zero-order chi connectivity index (χ0) is 15.4. The van der Waals surface area contributed by atoms with Gasteiger partial charge in [-0.25, -0.2) is 0 Å². The van der Waals surface area contributed by atoms with Crippen molar-refractivity contribution in [2.45, 2.75) is 18.8 Å². The summed E-state index contributed by atoms with van der Waals surface area (Å²) < 4.78 is 5.77. The van der Waals surface area contributed by atoms with Gasteiger partial charge < -0.3 is 9.84 Å². The third-order valence-corrected chi connectivity index (χ3v) is 4.24. The fourth-order valence-corrected chi connectivity index (χ4v) is 2.91. The zero-order valence-electron chi connectivity index (χ0n) is 12.4. The Morgan fingerprint density at radius 3 is 2.59 bits per heavy atom. The summed E-state index contributed by atoms with van der Waals surface area (Å²) in [6, 6.07) is 17.7. The van der Waals surface area contributed by atoms with Crippen molar-refractivity contribution in [3.8, 4) is 0 Å². The van der Waals surface area contributed by atoms with E-state index in [1.54, 1.807) is 12.1 Å². The number of aliphatic hydroxyl groups excluding tert-OH is 1. The van der Waals surface area contributed by atoms with E-state index < -0.39 is 6.10 Å². The number of nitrogens with zero attached hydrogens (tertiary/aromatic N) is 1. The standard InChI is InChI=1S/C18H20ClNO2/c19-16-8-6-15(7-9-16)18(21)17-13-20(10-11-22-17)12-14-4-2-1-3-5-14/h1-9,17-18,21H,10-13H2. The monoisotopic (exact) mass is 317 g/mol. The second kappa shape index (κ2) is 7.25. The number of ether oxygens (including phenoxy) is 1. The second-order valence-electron chi connectivity index (χ2n) is 5.63. The SMILES string of the molecule is OC(c1ccc(Cl)cc1)C1CN(Cc2ccccc2)CCO1. The van der Waals surface area contributed by atoms with Crippen LogP contribution in [0.3, 0.4) is 0 Å². The van der Waals surface area contributed by atoms with Gasteiger partial charge in [-0.05, 0) is 23.3 Å². The molecule has 3 nitrogen and oxygen atoms in total. The Balaban J connectivity index is 1.63. The smallest absolute Gasteiger partial charge is 0.106 e. The number of morpholine rings is 1. The largest absolute Gasteiger partial charge is 0.386 e. The summed E-state index contributed by atoms with van der Waals surface area (Å²) in [5.74, 6) is 0. The Labute approximate surface area is 136 Å². The van der Waals surface area contributed by atoms with E-state index in [4.69, 9.17) is 16.3 Å². The molecule has 1 aliphatic heterocycles. The van der Waals surface area contributed by atoms with Crippen molar-refractivity contribution in [3.05, 3.63) is 70.7 Å². The maximum atomic E-state index is 10.5. The van der Waals surface area contributed by atoms with Crippen molar-refractivity contribution in [1.82, 2.24) is 4.90 Å². The molecule has 0 radical (unpaired) electrons. The predicted octanol–water partition coefficient (Wildman–Crippen LogP) is 3.27. The molecule has 0 aromatic heterocycles. The summed E-state index contributed by atoms with van der Waals surface area (Å²) in [7, 11) is 0. The van der Waals surface area contributed by atoms with E-state index in [0.29, 0.717) is 11.6 Å². The molecule has 3 rings (SSSR count). The molecule has 2 aromatic carbocycles. The summed E-state index contributed by atoms with van der Waals surface area (Å²) >= 11 is 5.89. The predicted molar refractivity (Wildman–Crippen MR) is 87.9 cm³/mol. The minimum atomic E-state index is -0.629. The van der Waals surface area contributed by atoms with Gasteiger partial charge in [-0.15, -0.1) is 0 Å². The molecule has 1 saturated heterocycles. The first kappa shape index (κ1) is 15.5. The minimum Gasteiger partial charge on any atom is -0.386 e. The Morgan fingerprint density at radius 2 is 1.86 bits per heavy atom. The normalized spacial score (nSPS) is 20.7. The van der Waals surface area contributed by atoms with Gasteiger partial charge in [-0.1, -0.05) is 54.1 Å². The molecule has 0 aliphatic carbocycles. The molecule has 0 spiro atoms. The molecular weight excluding hydrogens is 298 g/mol. The summed E-state index contributed by atoms with van der Waals surface area (Å²) in [5.41, 5.74) is 2.13. The molecule has 2 atom stereocenters. The summed E-state index contributed by atoms with van der Waals surface area (Å²) in [4.78, 5) is 2.32. The molecule has 1 heterocycles. The first-order chi connectivity index (χ1) is 10.7. The lowest BCUT2D eigenvalue weighted by atomic mass is 10.0. The highest BCUT2D eigenvalue weighted by atomic mass is 35.5. The molecule has 1 fully saturated rings. The number of hydrogen-bond acceptors (Lipinski definition) is 3. The number of hydrogen-bond donors (Lipinski definition) is 1. The Hall–Kier alpha value is -1.39. The van der Waals surface area contributed by atoms with Gasteiger partial charge in [0.1, 0.15) is 12.2 Å². The van der Waals surface area contributed by atoms with Crippen molar-refractivity contribution in [1.29, 1.82) is 0 Å². The maximum Gasteiger partial charge on any atom is 0.106 e. The molecule has 0 bridgehead atoms. The number of benzene rings is 2. The van der Waals surface area contributed by atoms with Gasteiger partial charge in [-0.3, -0.25) is 4.90 Å². The molecule has 22 heavy (non-hydrogen) atoms. The van der Waals surface area contributed by atoms with Crippen LogP contribution in [-0.4, -0.2) is 35.8 Å². The van der Waals surface area contributed by atoms with E-state index in [2.05, 4.69) is 29.2 Å². The Bertz CT molecular complexity index is 588. The topological polar surface area (TPSA) is 32.7 Å². The van der Waals surface area contributed by atoms with Crippen molar-refractivity contribution in [2.75, 3.05) is 19.7 Å². The first-order valence-electron chi connectivity index (χ1n) is 7.54. The minimum absolute atomic E-state index is 0.210. The summed E-state index contributed by atoms with van der Waals surface area (Å²) in [6.07, 6.45) is -0.838. The van der Waals surface area contributed by atoms with Crippen LogP contribution >= 0.6 is 11.6 Å². The first-order valence-corrected chi connectivity index (χ1v) is 7.91. The third-order valence-electron chi connectivity index (χ3n) is 3.99. The summed E-state index contributed by atoms with van der Waals surface area (Å²) in [6.45, 7) is 3.13. The maximum absolute atomic E-state index is 10.5. The van der Waals surface area contributed by atoms with E-state index in [0.717, 1.165) is 25.2 Å². The van der Waals surface area contributed by atoms with E-state index in [1.165, 1.54) is 5.56 Å². The number of aliphatic hydroxyl groups is 1. The highest BCUT2D eigenvalue weighted by Crippen LogP contribution is 2.24. The molecule has 0 saturated carbocycles. The van der Waals surface area contributed by atoms with Crippen LogP contribution in [0, 0.1) is 0 Å². The molecule has 0 amide bonds. The van der Waals surface area contributed by atoms with E-state index in [1.807, 2.05) is 18.2 Å². The van der Waals surface area contributed by atoms with Crippen LogP contribution in [0.5, 0.6) is 0 Å². The van der Waals surface area contributed by atoms with Crippen LogP contribution in [0.4, 0.5) is 0 Å². The van der Waals surface area contributed by atoms with Crippen LogP contribution in [0.15, 0.2) is 54.6 Å². The molecule has 1 N–H and O–H groups in total. The van der Waals surface area contributed by atoms with Crippen LogP contribution in [0.25, 0.3) is 0 Å². The van der Waals surface area contributed by atoms with Crippen LogP contribution in [0.1, 0.15) is 17.2 Å². The van der Waals surface area contributed by atoms with Gasteiger partial charge in [0.2, 0.25) is 0 Å². The third kappa shape index (κ3) is 3.87. The fraction of sp³-hybridized carbons (Fsp3) is 0.333. The van der Waals surface area contributed by atoms with E-state index in [9.17, 15) is 5.11 Å². The molecule has 1 aliphatic rings. The zero-order valence-corrected chi connectivity index (χ0v) is 13.1. The number of halogens is 1. The van der Waals surface area contributed by atoms with Gasteiger partial charge in [-0.2, -0.15) is 0 Å².